The molecule has 8 heteroatoms. The second-order valence-corrected chi connectivity index (χ2v) is 9.80. The molecule has 0 amide bonds. The Morgan fingerprint density at radius 1 is 0.966 bits per heavy atom. The molecule has 2 aromatic rings. The third-order valence-electron chi connectivity index (χ3n) is 5.21. The zero-order chi connectivity index (χ0) is 21.3. The van der Waals surface area contributed by atoms with Gasteiger partial charge in [0.1, 0.15) is 17.4 Å². The normalized spacial score (nSPS) is 15.8. The lowest BCUT2D eigenvalue weighted by molar-refractivity contribution is 0.383. The Morgan fingerprint density at radius 2 is 1.55 bits per heavy atom. The van der Waals surface area contributed by atoms with E-state index in [-0.39, 0.29) is 5.92 Å². The van der Waals surface area contributed by atoms with Crippen molar-refractivity contribution in [2.75, 3.05) is 38.2 Å². The van der Waals surface area contributed by atoms with Crippen molar-refractivity contribution >= 4 is 15.8 Å². The van der Waals surface area contributed by atoms with Gasteiger partial charge in [-0.05, 0) is 44.0 Å². The first kappa shape index (κ1) is 21.5. The quantitative estimate of drug-likeness (QED) is 0.743. The van der Waals surface area contributed by atoms with E-state index in [2.05, 4.69) is 28.7 Å². The lowest BCUT2D eigenvalue weighted by Crippen LogP contribution is -2.49. The molecule has 0 radical (unpaired) electrons. The standard InChI is InChI=1S/C21H30N4O3S/c1-14(2)21-22-17(5)13-19(23-21)24-7-9-25(10-8-24)29(26,27)18-11-15(3)20(28-6)16(4)12-18/h11-14H,7-10H2,1-6H3. The number of rotatable bonds is 5. The summed E-state index contributed by atoms with van der Waals surface area (Å²) in [6.07, 6.45) is 0. The Hall–Kier alpha value is -2.19. The molecule has 1 aromatic heterocycles. The molecule has 0 spiro atoms. The van der Waals surface area contributed by atoms with Crippen molar-refractivity contribution in [2.24, 2.45) is 0 Å². The molecule has 0 N–H and O–H groups in total. The van der Waals surface area contributed by atoms with Crippen molar-refractivity contribution in [1.29, 1.82) is 0 Å². The molecule has 158 valence electrons. The van der Waals surface area contributed by atoms with Gasteiger partial charge in [0.25, 0.3) is 0 Å². The van der Waals surface area contributed by atoms with Gasteiger partial charge >= 0.3 is 0 Å². The third-order valence-corrected chi connectivity index (χ3v) is 7.09. The van der Waals surface area contributed by atoms with Gasteiger partial charge in [-0.2, -0.15) is 4.31 Å². The summed E-state index contributed by atoms with van der Waals surface area (Å²) in [6.45, 7) is 11.9. The fourth-order valence-electron chi connectivity index (χ4n) is 3.68. The minimum atomic E-state index is -3.55. The van der Waals surface area contributed by atoms with Crippen LogP contribution in [0.2, 0.25) is 0 Å². The molecule has 7 nitrogen and oxygen atoms in total. The first-order valence-corrected chi connectivity index (χ1v) is 11.3. The first-order valence-electron chi connectivity index (χ1n) is 9.89. The van der Waals surface area contributed by atoms with Crippen LogP contribution in [0.15, 0.2) is 23.1 Å². The Labute approximate surface area is 173 Å². The van der Waals surface area contributed by atoms with Crippen molar-refractivity contribution in [1.82, 2.24) is 14.3 Å². The number of anilines is 1. The van der Waals surface area contributed by atoms with Crippen LogP contribution in [0.3, 0.4) is 0 Å². The van der Waals surface area contributed by atoms with Crippen LogP contribution >= 0.6 is 0 Å². The van der Waals surface area contributed by atoms with Crippen LogP contribution in [-0.4, -0.2) is 56.0 Å². The smallest absolute Gasteiger partial charge is 0.243 e. The summed E-state index contributed by atoms with van der Waals surface area (Å²) in [6, 6.07) is 5.35. The van der Waals surface area contributed by atoms with E-state index in [9.17, 15) is 8.42 Å². The van der Waals surface area contributed by atoms with E-state index in [0.717, 1.165) is 34.2 Å². The van der Waals surface area contributed by atoms with Crippen molar-refractivity contribution < 1.29 is 13.2 Å². The lowest BCUT2D eigenvalue weighted by Gasteiger charge is -2.35. The predicted octanol–water partition coefficient (Wildman–Crippen LogP) is 3.04. The van der Waals surface area contributed by atoms with Gasteiger partial charge in [0.15, 0.2) is 0 Å². The number of piperazine rings is 1. The summed E-state index contributed by atoms with van der Waals surface area (Å²) >= 11 is 0. The summed E-state index contributed by atoms with van der Waals surface area (Å²) in [4.78, 5) is 11.6. The number of methoxy groups -OCH3 is 1. The van der Waals surface area contributed by atoms with Crippen LogP contribution in [0.5, 0.6) is 5.75 Å². The average Bonchev–Trinajstić information content (AvgIpc) is 2.67. The van der Waals surface area contributed by atoms with E-state index in [0.29, 0.717) is 31.1 Å². The summed E-state index contributed by atoms with van der Waals surface area (Å²) in [5.74, 6) is 2.67. The Balaban J connectivity index is 1.78. The maximum atomic E-state index is 13.2. The maximum absolute atomic E-state index is 13.2. The van der Waals surface area contributed by atoms with Gasteiger partial charge in [-0.3, -0.25) is 0 Å². The fourth-order valence-corrected chi connectivity index (χ4v) is 5.28. The lowest BCUT2D eigenvalue weighted by atomic mass is 10.1. The summed E-state index contributed by atoms with van der Waals surface area (Å²) in [5.41, 5.74) is 2.57. The highest BCUT2D eigenvalue weighted by molar-refractivity contribution is 7.89. The number of benzene rings is 1. The number of hydrogen-bond acceptors (Lipinski definition) is 6. The molecule has 1 aliphatic rings. The maximum Gasteiger partial charge on any atom is 0.243 e. The van der Waals surface area contributed by atoms with E-state index in [1.807, 2.05) is 26.8 Å². The second kappa shape index (κ2) is 8.28. The van der Waals surface area contributed by atoms with E-state index in [1.165, 1.54) is 0 Å². The van der Waals surface area contributed by atoms with Crippen molar-refractivity contribution in [3.8, 4) is 5.75 Å². The molecule has 0 unspecified atom stereocenters. The van der Waals surface area contributed by atoms with Crippen molar-refractivity contribution in [2.45, 2.75) is 45.4 Å². The molecule has 29 heavy (non-hydrogen) atoms. The van der Waals surface area contributed by atoms with Crippen molar-refractivity contribution in [3.05, 3.63) is 40.8 Å². The summed E-state index contributed by atoms with van der Waals surface area (Å²) in [7, 11) is -1.95. The number of sulfonamides is 1. The summed E-state index contributed by atoms with van der Waals surface area (Å²) < 4.78 is 33.3. The molecule has 1 aromatic carbocycles. The molecule has 0 saturated carbocycles. The zero-order valence-corrected chi connectivity index (χ0v) is 18.9. The van der Waals surface area contributed by atoms with Gasteiger partial charge in [-0.25, -0.2) is 18.4 Å². The van der Waals surface area contributed by atoms with E-state index in [1.54, 1.807) is 23.5 Å². The number of hydrogen-bond donors (Lipinski definition) is 0. The van der Waals surface area contributed by atoms with Gasteiger partial charge in [0.05, 0.1) is 12.0 Å². The van der Waals surface area contributed by atoms with E-state index >= 15 is 0 Å². The molecule has 1 fully saturated rings. The van der Waals surface area contributed by atoms with Gasteiger partial charge in [0, 0.05) is 43.9 Å². The Bertz CT molecular complexity index is 974. The largest absolute Gasteiger partial charge is 0.496 e. The van der Waals surface area contributed by atoms with Crippen LogP contribution in [0.25, 0.3) is 0 Å². The highest BCUT2D eigenvalue weighted by Crippen LogP contribution is 2.29. The van der Waals surface area contributed by atoms with Crippen molar-refractivity contribution in [3.63, 3.8) is 0 Å². The molecular weight excluding hydrogens is 388 g/mol. The monoisotopic (exact) mass is 418 g/mol. The highest BCUT2D eigenvalue weighted by atomic mass is 32.2. The molecule has 3 rings (SSSR count). The second-order valence-electron chi connectivity index (χ2n) is 7.86. The van der Waals surface area contributed by atoms with Crippen LogP contribution in [-0.2, 0) is 10.0 Å². The number of aromatic nitrogens is 2. The molecule has 0 atom stereocenters. The predicted molar refractivity (Wildman–Crippen MR) is 114 cm³/mol. The Kier molecular flexibility index (Phi) is 6.14. The topological polar surface area (TPSA) is 75.6 Å². The third kappa shape index (κ3) is 4.38. The molecule has 1 saturated heterocycles. The van der Waals surface area contributed by atoms with E-state index < -0.39 is 10.0 Å². The average molecular weight is 419 g/mol. The fraction of sp³-hybridized carbons (Fsp3) is 0.524. The first-order chi connectivity index (χ1) is 13.6. The molecule has 1 aliphatic heterocycles. The van der Waals surface area contributed by atoms with Gasteiger partial charge < -0.3 is 9.64 Å². The highest BCUT2D eigenvalue weighted by Gasteiger charge is 2.30. The number of aryl methyl sites for hydroxylation is 3. The zero-order valence-electron chi connectivity index (χ0n) is 18.1. The van der Waals surface area contributed by atoms with Crippen LogP contribution < -0.4 is 9.64 Å². The van der Waals surface area contributed by atoms with Crippen LogP contribution in [0, 0.1) is 20.8 Å². The number of nitrogens with zero attached hydrogens (tertiary/aromatic N) is 4. The molecule has 0 aliphatic carbocycles. The SMILES string of the molecule is COc1c(C)cc(S(=O)(=O)N2CCN(c3cc(C)nc(C(C)C)n3)CC2)cc1C. The minimum absolute atomic E-state index is 0.247. The molecule has 2 heterocycles. The molecule has 0 bridgehead atoms. The van der Waals surface area contributed by atoms with Crippen LogP contribution in [0.1, 0.15) is 42.4 Å². The number of ether oxygens (including phenoxy) is 1. The van der Waals surface area contributed by atoms with Crippen LogP contribution in [0.4, 0.5) is 5.82 Å². The summed E-state index contributed by atoms with van der Waals surface area (Å²) in [5, 5.41) is 0. The molecular formula is C21H30N4O3S. The minimum Gasteiger partial charge on any atom is -0.496 e. The van der Waals surface area contributed by atoms with Gasteiger partial charge in [0.2, 0.25) is 10.0 Å². The van der Waals surface area contributed by atoms with E-state index in [4.69, 9.17) is 4.74 Å². The van der Waals surface area contributed by atoms with Gasteiger partial charge in [-0.1, -0.05) is 13.8 Å². The Morgan fingerprint density at radius 3 is 2.07 bits per heavy atom. The van der Waals surface area contributed by atoms with Gasteiger partial charge in [-0.15, -0.1) is 0 Å².